The molecule has 7 nitrogen and oxygen atoms in total. The molecule has 23 heavy (non-hydrogen) atoms. The first kappa shape index (κ1) is 15.3. The molecular formula is C16H20N6O. The number of nitrogens with zero attached hydrogens (tertiary/aromatic N) is 6. The first-order valence-electron chi connectivity index (χ1n) is 7.55. The Labute approximate surface area is 134 Å². The summed E-state index contributed by atoms with van der Waals surface area (Å²) in [7, 11) is 0. The van der Waals surface area contributed by atoms with Crippen molar-refractivity contribution in [2.24, 2.45) is 0 Å². The smallest absolute Gasteiger partial charge is 0.253 e. The molecule has 3 rings (SSSR count). The van der Waals surface area contributed by atoms with Crippen LogP contribution in [0.15, 0.2) is 28.8 Å². The molecule has 0 bridgehead atoms. The molecule has 0 aliphatic rings. The minimum atomic E-state index is -0.273. The van der Waals surface area contributed by atoms with Crippen LogP contribution in [-0.2, 0) is 5.41 Å². The first-order valence-corrected chi connectivity index (χ1v) is 7.55. The Morgan fingerprint density at radius 2 is 1.83 bits per heavy atom. The lowest BCUT2D eigenvalue weighted by Crippen LogP contribution is -2.15. The van der Waals surface area contributed by atoms with Gasteiger partial charge in [-0.05, 0) is 19.1 Å². The van der Waals surface area contributed by atoms with Crippen LogP contribution in [0, 0.1) is 6.92 Å². The van der Waals surface area contributed by atoms with Crippen molar-refractivity contribution in [3.63, 3.8) is 0 Å². The second-order valence-electron chi connectivity index (χ2n) is 6.68. The van der Waals surface area contributed by atoms with Gasteiger partial charge in [0.15, 0.2) is 5.82 Å². The Morgan fingerprint density at radius 1 is 1.13 bits per heavy atom. The van der Waals surface area contributed by atoms with Crippen molar-refractivity contribution < 1.29 is 4.52 Å². The van der Waals surface area contributed by atoms with E-state index < -0.39 is 0 Å². The third-order valence-corrected chi connectivity index (χ3v) is 3.55. The second kappa shape index (κ2) is 5.57. The lowest BCUT2D eigenvalue weighted by molar-refractivity contribution is 0.315. The molecular weight excluding hydrogens is 292 g/mol. The molecule has 1 aromatic carbocycles. The van der Waals surface area contributed by atoms with E-state index in [2.05, 4.69) is 25.6 Å². The highest BCUT2D eigenvalue weighted by atomic mass is 16.5. The average Bonchev–Trinajstić information content (AvgIpc) is 3.16. The van der Waals surface area contributed by atoms with Crippen LogP contribution in [0.4, 0.5) is 0 Å². The van der Waals surface area contributed by atoms with Crippen molar-refractivity contribution in [3.8, 4) is 11.4 Å². The van der Waals surface area contributed by atoms with Gasteiger partial charge in [0.25, 0.3) is 5.89 Å². The Kier molecular flexibility index (Phi) is 3.71. The molecule has 2 aromatic heterocycles. The molecule has 0 radical (unpaired) electrons. The summed E-state index contributed by atoms with van der Waals surface area (Å²) in [6, 6.07) is 7.72. The highest BCUT2D eigenvalue weighted by molar-refractivity contribution is 5.54. The topological polar surface area (TPSA) is 82.5 Å². The van der Waals surface area contributed by atoms with E-state index in [1.165, 1.54) is 10.4 Å². The van der Waals surface area contributed by atoms with Crippen LogP contribution in [0.25, 0.3) is 11.4 Å². The van der Waals surface area contributed by atoms with Gasteiger partial charge in [-0.15, -0.1) is 10.2 Å². The van der Waals surface area contributed by atoms with E-state index in [-0.39, 0.29) is 11.5 Å². The molecule has 3 aromatic rings. The molecule has 7 heteroatoms. The number of tetrazole rings is 1. The molecule has 0 spiro atoms. The Morgan fingerprint density at radius 3 is 2.43 bits per heavy atom. The summed E-state index contributed by atoms with van der Waals surface area (Å²) in [4.78, 5) is 5.94. The van der Waals surface area contributed by atoms with Crippen LogP contribution in [0.1, 0.15) is 51.0 Å². The molecule has 2 heterocycles. The van der Waals surface area contributed by atoms with Crippen LogP contribution >= 0.6 is 0 Å². The van der Waals surface area contributed by atoms with Crippen molar-refractivity contribution in [1.82, 2.24) is 30.3 Å². The van der Waals surface area contributed by atoms with Crippen LogP contribution in [-0.4, -0.2) is 30.3 Å². The normalized spacial score (nSPS) is 13.3. The molecule has 0 fully saturated rings. The standard InChI is InChI=1S/C16H20N6O/c1-10-6-8-12(9-7-10)13-18-21-22(19-13)11(2)14-17-15(20-23-14)16(3,4)5/h6-9,11H,1-5H3. The summed E-state index contributed by atoms with van der Waals surface area (Å²) < 4.78 is 5.35. The Balaban J connectivity index is 1.85. The van der Waals surface area contributed by atoms with Gasteiger partial charge in [0, 0.05) is 11.0 Å². The van der Waals surface area contributed by atoms with Gasteiger partial charge >= 0.3 is 0 Å². The van der Waals surface area contributed by atoms with Crippen LogP contribution < -0.4 is 0 Å². The SMILES string of the molecule is Cc1ccc(-c2nnn(C(C)c3nc(C(C)(C)C)no3)n2)cc1. The predicted octanol–water partition coefficient (Wildman–Crippen LogP) is 2.94. The summed E-state index contributed by atoms with van der Waals surface area (Å²) in [6.45, 7) is 10.1. The van der Waals surface area contributed by atoms with E-state index in [0.29, 0.717) is 17.5 Å². The van der Waals surface area contributed by atoms with Gasteiger partial charge in [0.1, 0.15) is 6.04 Å². The summed E-state index contributed by atoms with van der Waals surface area (Å²) in [5.41, 5.74) is 1.95. The largest absolute Gasteiger partial charge is 0.337 e. The predicted molar refractivity (Wildman–Crippen MR) is 84.8 cm³/mol. The number of aryl methyl sites for hydroxylation is 1. The Hall–Kier alpha value is -2.57. The van der Waals surface area contributed by atoms with E-state index in [9.17, 15) is 0 Å². The zero-order valence-electron chi connectivity index (χ0n) is 14.0. The summed E-state index contributed by atoms with van der Waals surface area (Å²) >= 11 is 0. The van der Waals surface area contributed by atoms with Crippen molar-refractivity contribution >= 4 is 0 Å². The molecule has 0 N–H and O–H groups in total. The van der Waals surface area contributed by atoms with Gasteiger partial charge in [-0.1, -0.05) is 55.8 Å². The van der Waals surface area contributed by atoms with E-state index in [4.69, 9.17) is 4.52 Å². The molecule has 1 unspecified atom stereocenters. The maximum Gasteiger partial charge on any atom is 0.253 e. The highest BCUT2D eigenvalue weighted by Crippen LogP contribution is 2.22. The highest BCUT2D eigenvalue weighted by Gasteiger charge is 2.25. The van der Waals surface area contributed by atoms with Gasteiger partial charge in [0.2, 0.25) is 5.82 Å². The van der Waals surface area contributed by atoms with E-state index in [1.54, 1.807) is 0 Å². The van der Waals surface area contributed by atoms with Crippen LogP contribution in [0.3, 0.4) is 0 Å². The lowest BCUT2D eigenvalue weighted by Gasteiger charge is -2.11. The number of hydrogen-bond donors (Lipinski definition) is 0. The molecule has 0 aliphatic carbocycles. The van der Waals surface area contributed by atoms with E-state index in [0.717, 1.165) is 5.56 Å². The second-order valence-corrected chi connectivity index (χ2v) is 6.68. The molecule has 120 valence electrons. The quantitative estimate of drug-likeness (QED) is 0.739. The minimum absolute atomic E-state index is 0.162. The molecule has 0 aliphatic heterocycles. The number of aromatic nitrogens is 6. The monoisotopic (exact) mass is 312 g/mol. The molecule has 0 saturated carbocycles. The van der Waals surface area contributed by atoms with Gasteiger partial charge in [0.05, 0.1) is 0 Å². The Bertz CT molecular complexity index is 797. The average molecular weight is 312 g/mol. The lowest BCUT2D eigenvalue weighted by atomic mass is 9.96. The van der Waals surface area contributed by atoms with Gasteiger partial charge < -0.3 is 4.52 Å². The fraction of sp³-hybridized carbons (Fsp3) is 0.438. The minimum Gasteiger partial charge on any atom is -0.337 e. The fourth-order valence-corrected chi connectivity index (χ4v) is 2.02. The maximum absolute atomic E-state index is 5.35. The summed E-state index contributed by atoms with van der Waals surface area (Å²) in [5, 5.41) is 16.7. The number of rotatable bonds is 3. The third-order valence-electron chi connectivity index (χ3n) is 3.55. The van der Waals surface area contributed by atoms with Crippen molar-refractivity contribution in [1.29, 1.82) is 0 Å². The number of hydrogen-bond acceptors (Lipinski definition) is 6. The van der Waals surface area contributed by atoms with E-state index in [1.807, 2.05) is 58.9 Å². The number of benzene rings is 1. The maximum atomic E-state index is 5.35. The van der Waals surface area contributed by atoms with Crippen molar-refractivity contribution in [3.05, 3.63) is 41.5 Å². The van der Waals surface area contributed by atoms with Gasteiger partial charge in [-0.3, -0.25) is 0 Å². The van der Waals surface area contributed by atoms with Gasteiger partial charge in [-0.25, -0.2) is 0 Å². The summed E-state index contributed by atoms with van der Waals surface area (Å²) in [6.07, 6.45) is 0. The van der Waals surface area contributed by atoms with Crippen molar-refractivity contribution in [2.75, 3.05) is 0 Å². The van der Waals surface area contributed by atoms with Crippen LogP contribution in [0.2, 0.25) is 0 Å². The zero-order chi connectivity index (χ0) is 16.6. The molecule has 0 amide bonds. The van der Waals surface area contributed by atoms with Gasteiger partial charge in [-0.2, -0.15) is 9.78 Å². The third kappa shape index (κ3) is 3.13. The van der Waals surface area contributed by atoms with Crippen molar-refractivity contribution in [2.45, 2.75) is 46.1 Å². The summed E-state index contributed by atoms with van der Waals surface area (Å²) in [5.74, 6) is 1.72. The fourth-order valence-electron chi connectivity index (χ4n) is 2.02. The first-order chi connectivity index (χ1) is 10.8. The zero-order valence-corrected chi connectivity index (χ0v) is 14.0. The molecule has 1 atom stereocenters. The molecule has 0 saturated heterocycles. The van der Waals surface area contributed by atoms with Crippen LogP contribution in [0.5, 0.6) is 0 Å². The van der Waals surface area contributed by atoms with E-state index >= 15 is 0 Å².